The Hall–Kier alpha value is -1.12. The summed E-state index contributed by atoms with van der Waals surface area (Å²) in [7, 11) is 0. The van der Waals surface area contributed by atoms with Gasteiger partial charge in [-0.1, -0.05) is 38.7 Å². The van der Waals surface area contributed by atoms with Crippen LogP contribution in [0.2, 0.25) is 0 Å². The standard InChI is InChI=1S/C20H36N2O/c1-5-7-17(11-10-16-8-9-16)20(15(3)4)18(21)12-13-19(23)22-14-6-2/h16-17,21H,5-14H2,1-4H3,(H,22,23). The zero-order valence-electron chi connectivity index (χ0n) is 15.6. The van der Waals surface area contributed by atoms with Gasteiger partial charge in [-0.3, -0.25) is 4.79 Å². The van der Waals surface area contributed by atoms with Gasteiger partial charge in [-0.15, -0.1) is 0 Å². The summed E-state index contributed by atoms with van der Waals surface area (Å²) >= 11 is 0. The maximum absolute atomic E-state index is 11.8. The minimum atomic E-state index is 0.0785. The average Bonchev–Trinajstić information content (AvgIpc) is 3.32. The van der Waals surface area contributed by atoms with Crippen molar-refractivity contribution in [3.63, 3.8) is 0 Å². The molecule has 0 aromatic carbocycles. The molecule has 1 rings (SSSR count). The second kappa shape index (κ2) is 10.6. The van der Waals surface area contributed by atoms with E-state index in [1.165, 1.54) is 36.8 Å². The van der Waals surface area contributed by atoms with E-state index in [4.69, 9.17) is 5.41 Å². The molecule has 0 bridgehead atoms. The van der Waals surface area contributed by atoms with E-state index in [0.29, 0.717) is 24.5 Å². The topological polar surface area (TPSA) is 53.0 Å². The van der Waals surface area contributed by atoms with Crippen LogP contribution in [-0.2, 0) is 4.79 Å². The summed E-state index contributed by atoms with van der Waals surface area (Å²) in [6.45, 7) is 9.27. The van der Waals surface area contributed by atoms with E-state index in [1.54, 1.807) is 0 Å². The van der Waals surface area contributed by atoms with Gasteiger partial charge in [-0.05, 0) is 63.4 Å². The van der Waals surface area contributed by atoms with E-state index in [9.17, 15) is 4.79 Å². The third-order valence-corrected chi connectivity index (χ3v) is 4.70. The molecule has 1 atom stereocenters. The summed E-state index contributed by atoms with van der Waals surface area (Å²) in [4.78, 5) is 11.8. The Morgan fingerprint density at radius 1 is 1.13 bits per heavy atom. The lowest BCUT2D eigenvalue weighted by Gasteiger charge is -2.23. The van der Waals surface area contributed by atoms with Gasteiger partial charge in [0, 0.05) is 18.7 Å². The second-order valence-electron chi connectivity index (χ2n) is 7.25. The maximum atomic E-state index is 11.8. The molecule has 0 aromatic heterocycles. The number of hydrogen-bond donors (Lipinski definition) is 2. The highest BCUT2D eigenvalue weighted by Gasteiger charge is 2.25. The van der Waals surface area contributed by atoms with Crippen LogP contribution in [0.15, 0.2) is 11.1 Å². The van der Waals surface area contributed by atoms with Crippen LogP contribution in [0.25, 0.3) is 0 Å². The molecule has 2 N–H and O–H groups in total. The van der Waals surface area contributed by atoms with Gasteiger partial charge in [0.2, 0.25) is 5.91 Å². The summed E-state index contributed by atoms with van der Waals surface area (Å²) < 4.78 is 0. The van der Waals surface area contributed by atoms with Crippen LogP contribution in [0, 0.1) is 17.2 Å². The fourth-order valence-corrected chi connectivity index (χ4v) is 3.31. The zero-order chi connectivity index (χ0) is 17.2. The lowest BCUT2D eigenvalue weighted by Crippen LogP contribution is -2.25. The normalized spacial score (nSPS) is 15.1. The Labute approximate surface area is 142 Å². The first-order chi connectivity index (χ1) is 11.0. The molecule has 0 spiro atoms. The molecule has 23 heavy (non-hydrogen) atoms. The summed E-state index contributed by atoms with van der Waals surface area (Å²) in [6, 6.07) is 0. The first kappa shape index (κ1) is 19.9. The Bertz CT molecular complexity index is 417. The van der Waals surface area contributed by atoms with Crippen molar-refractivity contribution in [2.75, 3.05) is 6.54 Å². The van der Waals surface area contributed by atoms with E-state index in [2.05, 4.69) is 33.0 Å². The Morgan fingerprint density at radius 2 is 1.83 bits per heavy atom. The van der Waals surface area contributed by atoms with Gasteiger partial charge in [0.25, 0.3) is 0 Å². The number of carbonyl (C=O) groups excluding carboxylic acids is 1. The van der Waals surface area contributed by atoms with Gasteiger partial charge in [0.1, 0.15) is 0 Å². The van der Waals surface area contributed by atoms with Crippen LogP contribution in [0.1, 0.15) is 85.5 Å². The number of nitrogens with one attached hydrogen (secondary N) is 2. The minimum Gasteiger partial charge on any atom is -0.356 e. The van der Waals surface area contributed by atoms with Crippen LogP contribution in [-0.4, -0.2) is 18.2 Å². The number of rotatable bonds is 12. The first-order valence-corrected chi connectivity index (χ1v) is 9.51. The quantitative estimate of drug-likeness (QED) is 0.474. The highest BCUT2D eigenvalue weighted by atomic mass is 16.1. The van der Waals surface area contributed by atoms with Crippen LogP contribution < -0.4 is 5.32 Å². The Kier molecular flexibility index (Phi) is 9.20. The molecule has 1 unspecified atom stereocenters. The summed E-state index contributed by atoms with van der Waals surface area (Å²) in [5.74, 6) is 1.54. The molecule has 1 saturated carbocycles. The van der Waals surface area contributed by atoms with Crippen LogP contribution in [0.4, 0.5) is 0 Å². The SMILES string of the molecule is CCCNC(=O)CCC(=N)C(=C(C)C)C(CCC)CCC1CC1. The van der Waals surface area contributed by atoms with E-state index in [1.807, 2.05) is 0 Å². The third kappa shape index (κ3) is 7.81. The predicted molar refractivity (Wildman–Crippen MR) is 99.0 cm³/mol. The number of amides is 1. The van der Waals surface area contributed by atoms with E-state index < -0.39 is 0 Å². The van der Waals surface area contributed by atoms with Gasteiger partial charge in [0.05, 0.1) is 0 Å². The van der Waals surface area contributed by atoms with Crippen LogP contribution in [0.3, 0.4) is 0 Å². The molecular weight excluding hydrogens is 284 g/mol. The van der Waals surface area contributed by atoms with Gasteiger partial charge in [-0.2, -0.15) is 0 Å². The average molecular weight is 321 g/mol. The van der Waals surface area contributed by atoms with Crippen molar-refractivity contribution < 1.29 is 4.79 Å². The highest BCUT2D eigenvalue weighted by Crippen LogP contribution is 2.37. The Morgan fingerprint density at radius 3 is 2.35 bits per heavy atom. The molecule has 132 valence electrons. The molecule has 1 aliphatic rings. The molecule has 1 fully saturated rings. The molecule has 1 amide bonds. The monoisotopic (exact) mass is 320 g/mol. The molecule has 1 aliphatic carbocycles. The smallest absolute Gasteiger partial charge is 0.220 e. The van der Waals surface area contributed by atoms with Crippen molar-refractivity contribution in [1.29, 1.82) is 5.41 Å². The van der Waals surface area contributed by atoms with Crippen LogP contribution in [0.5, 0.6) is 0 Å². The van der Waals surface area contributed by atoms with Gasteiger partial charge in [0.15, 0.2) is 0 Å². The van der Waals surface area contributed by atoms with E-state index >= 15 is 0 Å². The summed E-state index contributed by atoms with van der Waals surface area (Å²) in [5.41, 5.74) is 3.18. The number of allylic oxidation sites excluding steroid dienone is 2. The third-order valence-electron chi connectivity index (χ3n) is 4.70. The van der Waals surface area contributed by atoms with Crippen molar-refractivity contribution >= 4 is 11.6 Å². The largest absolute Gasteiger partial charge is 0.356 e. The van der Waals surface area contributed by atoms with Crippen molar-refractivity contribution in [2.45, 2.75) is 85.5 Å². The number of hydrogen-bond acceptors (Lipinski definition) is 2. The number of carbonyl (C=O) groups is 1. The summed E-state index contributed by atoms with van der Waals surface area (Å²) in [6.07, 6.45) is 9.62. The Balaban J connectivity index is 2.60. The molecule has 3 nitrogen and oxygen atoms in total. The van der Waals surface area contributed by atoms with Crippen molar-refractivity contribution in [3.05, 3.63) is 11.1 Å². The molecule has 0 heterocycles. The minimum absolute atomic E-state index is 0.0785. The maximum Gasteiger partial charge on any atom is 0.220 e. The molecular formula is C20H36N2O. The fraction of sp³-hybridized carbons (Fsp3) is 0.800. The van der Waals surface area contributed by atoms with E-state index in [-0.39, 0.29) is 5.91 Å². The molecule has 0 aromatic rings. The van der Waals surface area contributed by atoms with Gasteiger partial charge < -0.3 is 10.7 Å². The highest BCUT2D eigenvalue weighted by molar-refractivity contribution is 6.00. The van der Waals surface area contributed by atoms with E-state index in [0.717, 1.165) is 31.7 Å². The second-order valence-corrected chi connectivity index (χ2v) is 7.25. The lowest BCUT2D eigenvalue weighted by atomic mass is 9.83. The van der Waals surface area contributed by atoms with Crippen molar-refractivity contribution in [1.82, 2.24) is 5.32 Å². The van der Waals surface area contributed by atoms with Gasteiger partial charge >= 0.3 is 0 Å². The summed E-state index contributed by atoms with van der Waals surface area (Å²) in [5, 5.41) is 11.4. The molecule has 0 radical (unpaired) electrons. The molecule has 0 aliphatic heterocycles. The molecule has 3 heteroatoms. The fourth-order valence-electron chi connectivity index (χ4n) is 3.31. The zero-order valence-corrected chi connectivity index (χ0v) is 15.6. The van der Waals surface area contributed by atoms with Crippen molar-refractivity contribution in [2.24, 2.45) is 11.8 Å². The van der Waals surface area contributed by atoms with Crippen molar-refractivity contribution in [3.8, 4) is 0 Å². The lowest BCUT2D eigenvalue weighted by molar-refractivity contribution is -0.120. The molecule has 0 saturated heterocycles. The predicted octanol–water partition coefficient (Wildman–Crippen LogP) is 5.26. The van der Waals surface area contributed by atoms with Gasteiger partial charge in [-0.25, -0.2) is 0 Å². The van der Waals surface area contributed by atoms with Crippen LogP contribution >= 0.6 is 0 Å². The first-order valence-electron chi connectivity index (χ1n) is 9.51.